The Labute approximate surface area is 78.0 Å². The quantitative estimate of drug-likeness (QED) is 0.563. The van der Waals surface area contributed by atoms with Crippen LogP contribution in [0.25, 0.3) is 0 Å². The van der Waals surface area contributed by atoms with Gasteiger partial charge in [-0.2, -0.15) is 4.39 Å². The molecule has 14 heavy (non-hydrogen) atoms. The van der Waals surface area contributed by atoms with E-state index < -0.39 is 40.1 Å². The fraction of sp³-hybridized carbons (Fsp3) is 0.222. The van der Waals surface area contributed by atoms with E-state index >= 15 is 0 Å². The van der Waals surface area contributed by atoms with Gasteiger partial charge in [0.15, 0.2) is 17.3 Å². The lowest BCUT2D eigenvalue weighted by atomic mass is 10.1. The van der Waals surface area contributed by atoms with E-state index in [2.05, 4.69) is 0 Å². The number of phenolic OH excluding ortho intramolecular Hbond substituents is 1. The molecule has 1 aromatic rings. The molecule has 0 amide bonds. The first-order valence-electron chi connectivity index (χ1n) is 3.74. The summed E-state index contributed by atoms with van der Waals surface area (Å²) in [6.45, 7) is 1.94. The van der Waals surface area contributed by atoms with Crippen LogP contribution in [-0.2, 0) is 0 Å². The van der Waals surface area contributed by atoms with Gasteiger partial charge in [-0.1, -0.05) is 0 Å². The highest BCUT2D eigenvalue weighted by atomic mass is 19.2. The van der Waals surface area contributed by atoms with E-state index in [1.807, 2.05) is 0 Å². The standard InChI is InChI=1S/C9H7F3O2/c1-3-6(10)5(4(2)13)9(14)8(12)7(3)11/h14H,1-2H3. The van der Waals surface area contributed by atoms with Gasteiger partial charge in [0, 0.05) is 5.56 Å². The number of phenols is 1. The van der Waals surface area contributed by atoms with E-state index in [1.54, 1.807) is 0 Å². The van der Waals surface area contributed by atoms with E-state index in [0.29, 0.717) is 0 Å². The van der Waals surface area contributed by atoms with Crippen LogP contribution in [0.15, 0.2) is 0 Å². The van der Waals surface area contributed by atoms with Crippen LogP contribution >= 0.6 is 0 Å². The Kier molecular flexibility index (Phi) is 2.51. The Bertz CT molecular complexity index is 384. The number of carbonyl (C=O) groups is 1. The maximum Gasteiger partial charge on any atom is 0.201 e. The van der Waals surface area contributed by atoms with Crippen molar-refractivity contribution in [2.45, 2.75) is 13.8 Å². The summed E-state index contributed by atoms with van der Waals surface area (Å²) in [6, 6.07) is 0. The molecule has 0 unspecified atom stereocenters. The Morgan fingerprint density at radius 1 is 1.14 bits per heavy atom. The van der Waals surface area contributed by atoms with Gasteiger partial charge in [0.1, 0.15) is 5.82 Å². The number of carbonyl (C=O) groups excluding carboxylic acids is 1. The number of aromatic hydroxyl groups is 1. The highest BCUT2D eigenvalue weighted by molar-refractivity contribution is 5.97. The van der Waals surface area contributed by atoms with E-state index in [9.17, 15) is 18.0 Å². The normalized spacial score (nSPS) is 10.4. The third-order valence-electron chi connectivity index (χ3n) is 1.87. The third-order valence-corrected chi connectivity index (χ3v) is 1.87. The average molecular weight is 204 g/mol. The van der Waals surface area contributed by atoms with Crippen LogP contribution in [0.1, 0.15) is 22.8 Å². The van der Waals surface area contributed by atoms with Gasteiger partial charge in [-0.05, 0) is 13.8 Å². The molecule has 0 radical (unpaired) electrons. The summed E-state index contributed by atoms with van der Waals surface area (Å²) in [7, 11) is 0. The number of halogens is 3. The highest BCUT2D eigenvalue weighted by Gasteiger charge is 2.24. The smallest absolute Gasteiger partial charge is 0.201 e. The van der Waals surface area contributed by atoms with Crippen LogP contribution in [0.2, 0.25) is 0 Å². The molecule has 0 aromatic heterocycles. The first kappa shape index (κ1) is 10.6. The van der Waals surface area contributed by atoms with Crippen LogP contribution in [0.4, 0.5) is 13.2 Å². The van der Waals surface area contributed by atoms with E-state index in [1.165, 1.54) is 0 Å². The van der Waals surface area contributed by atoms with Gasteiger partial charge >= 0.3 is 0 Å². The summed E-state index contributed by atoms with van der Waals surface area (Å²) in [5.74, 6) is -6.45. The second kappa shape index (κ2) is 3.32. The van der Waals surface area contributed by atoms with Crippen molar-refractivity contribution in [2.24, 2.45) is 0 Å². The van der Waals surface area contributed by atoms with Gasteiger partial charge in [0.25, 0.3) is 0 Å². The molecule has 5 heteroatoms. The summed E-state index contributed by atoms with van der Waals surface area (Å²) < 4.78 is 38.8. The van der Waals surface area contributed by atoms with Crippen molar-refractivity contribution in [3.8, 4) is 5.75 Å². The lowest BCUT2D eigenvalue weighted by Gasteiger charge is -2.07. The predicted molar refractivity (Wildman–Crippen MR) is 42.7 cm³/mol. The average Bonchev–Trinajstić information content (AvgIpc) is 2.11. The third kappa shape index (κ3) is 1.34. The molecule has 1 N–H and O–H groups in total. The largest absolute Gasteiger partial charge is 0.504 e. The molecule has 1 rings (SSSR count). The van der Waals surface area contributed by atoms with Crippen molar-refractivity contribution in [2.75, 3.05) is 0 Å². The van der Waals surface area contributed by atoms with Crippen LogP contribution in [0.5, 0.6) is 5.75 Å². The number of rotatable bonds is 1. The van der Waals surface area contributed by atoms with E-state index in [-0.39, 0.29) is 0 Å². The SMILES string of the molecule is CC(=O)c1c(O)c(F)c(F)c(C)c1F. The first-order valence-corrected chi connectivity index (χ1v) is 3.74. The van der Waals surface area contributed by atoms with Gasteiger partial charge in [-0.15, -0.1) is 0 Å². The number of hydrogen-bond donors (Lipinski definition) is 1. The van der Waals surface area contributed by atoms with Crippen molar-refractivity contribution in [1.82, 2.24) is 0 Å². The minimum Gasteiger partial charge on any atom is -0.504 e. The fourth-order valence-electron chi connectivity index (χ4n) is 1.09. The number of hydrogen-bond acceptors (Lipinski definition) is 2. The van der Waals surface area contributed by atoms with Crippen molar-refractivity contribution in [1.29, 1.82) is 0 Å². The minimum absolute atomic E-state index is 0.620. The second-order valence-corrected chi connectivity index (χ2v) is 2.85. The molecule has 0 saturated heterocycles. The van der Waals surface area contributed by atoms with Gasteiger partial charge in [0.05, 0.1) is 5.56 Å². The number of ketones is 1. The van der Waals surface area contributed by atoms with Crippen LogP contribution in [-0.4, -0.2) is 10.9 Å². The molecule has 76 valence electrons. The molecule has 0 aliphatic heterocycles. The Hall–Kier alpha value is -1.52. The number of benzene rings is 1. The summed E-state index contributed by atoms with van der Waals surface area (Å²) in [4.78, 5) is 10.8. The van der Waals surface area contributed by atoms with Gasteiger partial charge in [0.2, 0.25) is 5.82 Å². The molecule has 0 spiro atoms. The summed E-state index contributed by atoms with van der Waals surface area (Å²) in [5, 5.41) is 8.98. The molecule has 0 aliphatic rings. The second-order valence-electron chi connectivity index (χ2n) is 2.85. The molecule has 0 atom stereocenters. The zero-order chi connectivity index (χ0) is 11.0. The van der Waals surface area contributed by atoms with Gasteiger partial charge in [-0.3, -0.25) is 4.79 Å². The van der Waals surface area contributed by atoms with Gasteiger partial charge in [-0.25, -0.2) is 8.78 Å². The lowest BCUT2D eigenvalue weighted by Crippen LogP contribution is -2.05. The van der Waals surface area contributed by atoms with Crippen molar-refractivity contribution >= 4 is 5.78 Å². The van der Waals surface area contributed by atoms with E-state index in [0.717, 1.165) is 13.8 Å². The predicted octanol–water partition coefficient (Wildman–Crippen LogP) is 2.32. The van der Waals surface area contributed by atoms with Gasteiger partial charge < -0.3 is 5.11 Å². The minimum atomic E-state index is -1.60. The lowest BCUT2D eigenvalue weighted by molar-refractivity contribution is 0.100. The monoisotopic (exact) mass is 204 g/mol. The van der Waals surface area contributed by atoms with Crippen LogP contribution in [0.3, 0.4) is 0 Å². The molecule has 0 fully saturated rings. The molecule has 0 heterocycles. The molecular formula is C9H7F3O2. The highest BCUT2D eigenvalue weighted by Crippen LogP contribution is 2.29. The summed E-state index contributed by atoms with van der Waals surface area (Å²) in [6.07, 6.45) is 0. The molecule has 2 nitrogen and oxygen atoms in total. The van der Waals surface area contributed by atoms with Crippen molar-refractivity contribution in [3.05, 3.63) is 28.6 Å². The Morgan fingerprint density at radius 3 is 2.07 bits per heavy atom. The van der Waals surface area contributed by atoms with Crippen LogP contribution < -0.4 is 0 Å². The van der Waals surface area contributed by atoms with E-state index in [4.69, 9.17) is 5.11 Å². The fourth-order valence-corrected chi connectivity index (χ4v) is 1.09. The maximum absolute atomic E-state index is 13.2. The molecule has 0 saturated carbocycles. The Balaban J connectivity index is 3.68. The maximum atomic E-state index is 13.2. The summed E-state index contributed by atoms with van der Waals surface area (Å²) in [5.41, 5.74) is -1.44. The van der Waals surface area contributed by atoms with Crippen molar-refractivity contribution < 1.29 is 23.1 Å². The molecule has 1 aromatic carbocycles. The van der Waals surface area contributed by atoms with Crippen molar-refractivity contribution in [3.63, 3.8) is 0 Å². The molecular weight excluding hydrogens is 197 g/mol. The topological polar surface area (TPSA) is 37.3 Å². The van der Waals surface area contributed by atoms with Crippen LogP contribution in [0, 0.1) is 24.4 Å². The number of Topliss-reactive ketones (excluding diaryl/α,β-unsaturated/α-hetero) is 1. The molecule has 0 aliphatic carbocycles. The Morgan fingerprint density at radius 2 is 1.64 bits per heavy atom. The summed E-state index contributed by atoms with van der Waals surface area (Å²) >= 11 is 0. The first-order chi connectivity index (χ1) is 6.37. The zero-order valence-electron chi connectivity index (χ0n) is 7.49. The molecule has 0 bridgehead atoms. The zero-order valence-corrected chi connectivity index (χ0v) is 7.49.